The molecule has 6 heteroatoms. The lowest BCUT2D eigenvalue weighted by atomic mass is 10.1. The second kappa shape index (κ2) is 9.49. The number of anilines is 1. The quantitative estimate of drug-likeness (QED) is 0.353. The Morgan fingerprint density at radius 3 is 2.72 bits per heavy atom. The first-order valence-corrected chi connectivity index (χ1v) is 11.1. The summed E-state index contributed by atoms with van der Waals surface area (Å²) in [6.45, 7) is 7.43. The number of rotatable bonds is 6. The van der Waals surface area contributed by atoms with Crippen molar-refractivity contribution in [3.8, 4) is 0 Å². The third kappa shape index (κ3) is 4.97. The minimum atomic E-state index is -0.227. The molecule has 2 aromatic carbocycles. The van der Waals surface area contributed by atoms with Crippen molar-refractivity contribution < 1.29 is 4.39 Å². The molecule has 0 atom stereocenters. The molecule has 0 spiro atoms. The van der Waals surface area contributed by atoms with Gasteiger partial charge in [0.05, 0.1) is 12.2 Å². The number of hydrogen-bond acceptors (Lipinski definition) is 2. The summed E-state index contributed by atoms with van der Waals surface area (Å²) in [6, 6.07) is 17.1. The van der Waals surface area contributed by atoms with Crippen LogP contribution in [0.5, 0.6) is 0 Å². The molecule has 0 unspecified atom stereocenters. The minimum absolute atomic E-state index is 0.227. The lowest BCUT2D eigenvalue weighted by Crippen LogP contribution is -2.36. The first-order valence-electron chi connectivity index (χ1n) is 10.7. The number of thiocarbonyl (C=S) groups is 1. The fraction of sp³-hybridized carbons (Fsp3) is 0.231. The molecule has 0 amide bonds. The predicted octanol–water partition coefficient (Wildman–Crippen LogP) is 6.07. The maximum atomic E-state index is 13.9. The predicted molar refractivity (Wildman–Crippen MR) is 133 cm³/mol. The average Bonchev–Trinajstić information content (AvgIpc) is 3.08. The molecule has 0 radical (unpaired) electrons. The molecular formula is C26H27FN4S. The number of nitrogens with zero attached hydrogens (tertiary/aromatic N) is 2. The Morgan fingerprint density at radius 2 is 1.94 bits per heavy atom. The monoisotopic (exact) mass is 446 g/mol. The van der Waals surface area contributed by atoms with Crippen molar-refractivity contribution in [2.75, 3.05) is 11.9 Å². The Labute approximate surface area is 193 Å². The fourth-order valence-electron chi connectivity index (χ4n) is 3.93. The van der Waals surface area contributed by atoms with E-state index >= 15 is 0 Å². The van der Waals surface area contributed by atoms with Crippen LogP contribution in [-0.2, 0) is 13.0 Å². The highest BCUT2D eigenvalue weighted by Crippen LogP contribution is 2.24. The molecule has 0 bridgehead atoms. The molecule has 4 nitrogen and oxygen atoms in total. The number of halogens is 1. The number of aromatic nitrogens is 2. The maximum absolute atomic E-state index is 13.9. The van der Waals surface area contributed by atoms with E-state index in [9.17, 15) is 4.39 Å². The molecule has 4 rings (SSSR count). The van der Waals surface area contributed by atoms with Gasteiger partial charge in [0.1, 0.15) is 5.82 Å². The molecule has 0 aliphatic heterocycles. The van der Waals surface area contributed by atoms with Crippen LogP contribution in [0, 0.1) is 26.6 Å². The molecule has 0 aliphatic rings. The number of benzene rings is 2. The lowest BCUT2D eigenvalue weighted by Gasteiger charge is -2.26. The minimum Gasteiger partial charge on any atom is -0.358 e. The van der Waals surface area contributed by atoms with Crippen LogP contribution in [0.3, 0.4) is 0 Å². The molecule has 0 saturated heterocycles. The van der Waals surface area contributed by atoms with E-state index < -0.39 is 0 Å². The zero-order valence-corrected chi connectivity index (χ0v) is 19.4. The zero-order chi connectivity index (χ0) is 22.7. The summed E-state index contributed by atoms with van der Waals surface area (Å²) in [4.78, 5) is 9.97. The number of H-pyrrole nitrogens is 1. The lowest BCUT2D eigenvalue weighted by molar-refractivity contribution is 0.417. The fourth-order valence-corrected chi connectivity index (χ4v) is 4.19. The van der Waals surface area contributed by atoms with Crippen LogP contribution in [0.2, 0.25) is 0 Å². The molecule has 32 heavy (non-hydrogen) atoms. The SMILES string of the molecule is Cc1ccc(C)c(NC(=S)N(CCc2c(C)[nH]c3ccc(F)cc23)Cc2ccccn2)c1. The van der Waals surface area contributed by atoms with E-state index in [0.717, 1.165) is 45.5 Å². The van der Waals surface area contributed by atoms with Crippen LogP contribution in [0.4, 0.5) is 10.1 Å². The first-order chi connectivity index (χ1) is 15.4. The number of hydrogen-bond donors (Lipinski definition) is 2. The molecule has 0 fully saturated rings. The van der Waals surface area contributed by atoms with Crippen molar-refractivity contribution in [2.24, 2.45) is 0 Å². The number of nitrogens with one attached hydrogen (secondary N) is 2. The van der Waals surface area contributed by atoms with Gasteiger partial charge >= 0.3 is 0 Å². The van der Waals surface area contributed by atoms with Crippen LogP contribution < -0.4 is 5.32 Å². The Hall–Kier alpha value is -3.25. The van der Waals surface area contributed by atoms with E-state index in [1.165, 1.54) is 11.6 Å². The second-order valence-electron chi connectivity index (χ2n) is 8.16. The van der Waals surface area contributed by atoms with Gasteiger partial charge in [0, 0.05) is 35.0 Å². The molecule has 0 aliphatic carbocycles. The van der Waals surface area contributed by atoms with Gasteiger partial charge in [0.25, 0.3) is 0 Å². The van der Waals surface area contributed by atoms with Crippen molar-refractivity contribution in [3.05, 3.63) is 94.7 Å². The molecular weight excluding hydrogens is 419 g/mol. The Kier molecular flexibility index (Phi) is 6.51. The topological polar surface area (TPSA) is 44.0 Å². The highest BCUT2D eigenvalue weighted by atomic mass is 32.1. The second-order valence-corrected chi connectivity index (χ2v) is 8.55. The van der Waals surface area contributed by atoms with Crippen LogP contribution in [-0.4, -0.2) is 26.5 Å². The average molecular weight is 447 g/mol. The van der Waals surface area contributed by atoms with E-state index in [2.05, 4.69) is 52.2 Å². The third-order valence-electron chi connectivity index (χ3n) is 5.71. The van der Waals surface area contributed by atoms with Gasteiger partial charge in [-0.3, -0.25) is 4.98 Å². The normalized spacial score (nSPS) is 11.0. The van der Waals surface area contributed by atoms with Gasteiger partial charge in [-0.15, -0.1) is 0 Å². The van der Waals surface area contributed by atoms with Crippen LogP contribution in [0.15, 0.2) is 60.8 Å². The first kappa shape index (κ1) is 22.0. The van der Waals surface area contributed by atoms with Gasteiger partial charge in [-0.1, -0.05) is 18.2 Å². The Morgan fingerprint density at radius 1 is 1.09 bits per heavy atom. The Bertz CT molecular complexity index is 1250. The summed E-state index contributed by atoms with van der Waals surface area (Å²) >= 11 is 5.82. The van der Waals surface area contributed by atoms with Crippen molar-refractivity contribution in [1.29, 1.82) is 0 Å². The number of pyridine rings is 1. The number of aromatic amines is 1. The third-order valence-corrected chi connectivity index (χ3v) is 6.07. The Balaban J connectivity index is 1.58. The van der Waals surface area contributed by atoms with Gasteiger partial charge in [-0.05, 0) is 92.5 Å². The summed E-state index contributed by atoms with van der Waals surface area (Å²) in [5, 5.41) is 5.00. The summed E-state index contributed by atoms with van der Waals surface area (Å²) in [5.41, 5.74) is 7.38. The van der Waals surface area contributed by atoms with Crippen LogP contribution in [0.25, 0.3) is 10.9 Å². The van der Waals surface area contributed by atoms with Gasteiger partial charge in [0.15, 0.2) is 5.11 Å². The summed E-state index contributed by atoms with van der Waals surface area (Å²) < 4.78 is 13.9. The largest absolute Gasteiger partial charge is 0.358 e. The van der Waals surface area contributed by atoms with E-state index in [4.69, 9.17) is 12.2 Å². The van der Waals surface area contributed by atoms with Crippen molar-refractivity contribution in [3.63, 3.8) is 0 Å². The number of aryl methyl sites for hydroxylation is 3. The van der Waals surface area contributed by atoms with E-state index in [1.54, 1.807) is 18.3 Å². The van der Waals surface area contributed by atoms with Crippen molar-refractivity contribution in [1.82, 2.24) is 14.9 Å². The van der Waals surface area contributed by atoms with Gasteiger partial charge in [-0.2, -0.15) is 0 Å². The highest BCUT2D eigenvalue weighted by Gasteiger charge is 2.16. The highest BCUT2D eigenvalue weighted by molar-refractivity contribution is 7.80. The molecule has 164 valence electrons. The molecule has 4 aromatic rings. The van der Waals surface area contributed by atoms with E-state index in [1.807, 2.05) is 25.1 Å². The van der Waals surface area contributed by atoms with Gasteiger partial charge in [-0.25, -0.2) is 4.39 Å². The molecule has 2 aromatic heterocycles. The standard InChI is InChI=1S/C26H27FN4S/c1-17-7-8-18(2)25(14-17)30-26(32)31(16-21-6-4-5-12-28-21)13-11-22-19(3)29-24-10-9-20(27)15-23(22)24/h4-10,12,14-15,29H,11,13,16H2,1-3H3,(H,30,32). The molecule has 0 saturated carbocycles. The summed E-state index contributed by atoms with van der Waals surface area (Å²) in [6.07, 6.45) is 2.53. The summed E-state index contributed by atoms with van der Waals surface area (Å²) in [5.74, 6) is -0.227. The number of fused-ring (bicyclic) bond motifs is 1. The van der Waals surface area contributed by atoms with Crippen molar-refractivity contribution in [2.45, 2.75) is 33.7 Å². The van der Waals surface area contributed by atoms with E-state index in [0.29, 0.717) is 18.2 Å². The maximum Gasteiger partial charge on any atom is 0.173 e. The van der Waals surface area contributed by atoms with Crippen molar-refractivity contribution >= 4 is 33.9 Å². The van der Waals surface area contributed by atoms with Gasteiger partial charge in [0.2, 0.25) is 0 Å². The summed E-state index contributed by atoms with van der Waals surface area (Å²) in [7, 11) is 0. The van der Waals surface area contributed by atoms with Gasteiger partial charge < -0.3 is 15.2 Å². The molecule has 2 N–H and O–H groups in total. The van der Waals surface area contributed by atoms with E-state index in [-0.39, 0.29) is 5.82 Å². The van der Waals surface area contributed by atoms with Crippen LogP contribution in [0.1, 0.15) is 28.1 Å². The van der Waals surface area contributed by atoms with Crippen LogP contribution >= 0.6 is 12.2 Å². The smallest absolute Gasteiger partial charge is 0.173 e. The molecule has 2 heterocycles. The zero-order valence-electron chi connectivity index (χ0n) is 18.6.